The molecule has 0 aliphatic heterocycles. The third-order valence-electron chi connectivity index (χ3n) is 4.19. The topological polar surface area (TPSA) is 57.0 Å². The molecule has 0 aliphatic carbocycles. The van der Waals surface area contributed by atoms with E-state index < -0.39 is 11.9 Å². The monoisotopic (exact) mass is 379 g/mol. The van der Waals surface area contributed by atoms with Crippen molar-refractivity contribution in [1.29, 1.82) is 0 Å². The quantitative estimate of drug-likeness (QED) is 0.472. The molecule has 0 N–H and O–H groups in total. The van der Waals surface area contributed by atoms with Gasteiger partial charge in [-0.1, -0.05) is 42.5 Å². The van der Waals surface area contributed by atoms with Gasteiger partial charge in [0, 0.05) is 0 Å². The first-order chi connectivity index (χ1) is 13.2. The SMILES string of the molecule is CCOC(=O)c1cc(C(=O)OCc2ccccc2)c2sc3ccccc3n12. The van der Waals surface area contributed by atoms with Gasteiger partial charge in [-0.25, -0.2) is 9.59 Å². The van der Waals surface area contributed by atoms with Gasteiger partial charge in [-0.3, -0.25) is 4.40 Å². The molecule has 27 heavy (non-hydrogen) atoms. The fourth-order valence-electron chi connectivity index (χ4n) is 2.97. The van der Waals surface area contributed by atoms with E-state index in [2.05, 4.69) is 0 Å². The van der Waals surface area contributed by atoms with E-state index in [9.17, 15) is 9.59 Å². The van der Waals surface area contributed by atoms with Crippen molar-refractivity contribution in [3.05, 3.63) is 77.5 Å². The van der Waals surface area contributed by atoms with Gasteiger partial charge in [-0.05, 0) is 30.7 Å². The second-order valence-electron chi connectivity index (χ2n) is 5.94. The molecule has 0 radical (unpaired) electrons. The Morgan fingerprint density at radius 1 is 0.963 bits per heavy atom. The summed E-state index contributed by atoms with van der Waals surface area (Å²) < 4.78 is 13.4. The number of esters is 2. The lowest BCUT2D eigenvalue weighted by Crippen LogP contribution is -2.07. The molecule has 5 nitrogen and oxygen atoms in total. The zero-order valence-electron chi connectivity index (χ0n) is 14.7. The molecule has 0 fully saturated rings. The Bertz CT molecular complexity index is 1130. The first-order valence-corrected chi connectivity index (χ1v) is 9.42. The van der Waals surface area contributed by atoms with Crippen LogP contribution in [0.1, 0.15) is 33.3 Å². The normalized spacial score (nSPS) is 11.0. The maximum absolute atomic E-state index is 12.7. The summed E-state index contributed by atoms with van der Waals surface area (Å²) in [6.07, 6.45) is 0. The van der Waals surface area contributed by atoms with Crippen molar-refractivity contribution in [3.63, 3.8) is 0 Å². The van der Waals surface area contributed by atoms with Crippen LogP contribution in [0.3, 0.4) is 0 Å². The first kappa shape index (κ1) is 17.3. The van der Waals surface area contributed by atoms with Crippen molar-refractivity contribution >= 4 is 38.3 Å². The lowest BCUT2D eigenvalue weighted by Gasteiger charge is -2.03. The minimum absolute atomic E-state index is 0.177. The number of ether oxygens (including phenoxy) is 2. The van der Waals surface area contributed by atoms with Crippen molar-refractivity contribution in [3.8, 4) is 0 Å². The average Bonchev–Trinajstić information content (AvgIpc) is 3.24. The number of carbonyl (C=O) groups is 2. The molecule has 6 heteroatoms. The zero-order valence-corrected chi connectivity index (χ0v) is 15.5. The van der Waals surface area contributed by atoms with E-state index in [-0.39, 0.29) is 13.2 Å². The van der Waals surface area contributed by atoms with E-state index in [4.69, 9.17) is 9.47 Å². The molecule has 0 bridgehead atoms. The van der Waals surface area contributed by atoms with E-state index in [0.29, 0.717) is 16.1 Å². The van der Waals surface area contributed by atoms with Crippen molar-refractivity contribution in [2.24, 2.45) is 0 Å². The molecule has 2 heterocycles. The lowest BCUT2D eigenvalue weighted by atomic mass is 10.2. The average molecular weight is 379 g/mol. The molecule has 0 aliphatic rings. The standard InChI is InChI=1S/C21H17NO4S/c1-2-25-21(24)17-12-15(20(23)26-13-14-8-4-3-5-9-14)19-22(17)16-10-6-7-11-18(16)27-19/h3-12H,2,13H2,1H3. The van der Waals surface area contributed by atoms with Gasteiger partial charge in [0.05, 0.1) is 22.4 Å². The highest BCUT2D eigenvalue weighted by Crippen LogP contribution is 2.32. The highest BCUT2D eigenvalue weighted by atomic mass is 32.1. The number of benzene rings is 2. The summed E-state index contributed by atoms with van der Waals surface area (Å²) in [6.45, 7) is 2.20. The van der Waals surface area contributed by atoms with Gasteiger partial charge in [-0.15, -0.1) is 11.3 Å². The molecular formula is C21H17NO4S. The van der Waals surface area contributed by atoms with Crippen molar-refractivity contribution in [2.75, 3.05) is 6.61 Å². The second-order valence-corrected chi connectivity index (χ2v) is 6.97. The molecule has 4 rings (SSSR count). The smallest absolute Gasteiger partial charge is 0.355 e. The van der Waals surface area contributed by atoms with Crippen LogP contribution in [0.25, 0.3) is 15.0 Å². The summed E-state index contributed by atoms with van der Waals surface area (Å²) in [5.74, 6) is -0.920. The fourth-order valence-corrected chi connectivity index (χ4v) is 4.13. The number of hydrogen-bond acceptors (Lipinski definition) is 5. The molecule has 0 atom stereocenters. The van der Waals surface area contributed by atoms with Crippen molar-refractivity contribution in [1.82, 2.24) is 4.40 Å². The lowest BCUT2D eigenvalue weighted by molar-refractivity contribution is 0.0475. The van der Waals surface area contributed by atoms with Crippen molar-refractivity contribution in [2.45, 2.75) is 13.5 Å². The molecule has 0 saturated carbocycles. The molecule has 0 spiro atoms. The number of para-hydroxylation sites is 1. The molecule has 0 amide bonds. The zero-order chi connectivity index (χ0) is 18.8. The number of carbonyl (C=O) groups excluding carboxylic acids is 2. The van der Waals surface area contributed by atoms with Crippen LogP contribution in [0.15, 0.2) is 60.7 Å². The van der Waals surface area contributed by atoms with Crippen molar-refractivity contribution < 1.29 is 19.1 Å². The number of hydrogen-bond donors (Lipinski definition) is 0. The van der Waals surface area contributed by atoms with Crippen LogP contribution in [-0.4, -0.2) is 22.9 Å². The number of fused-ring (bicyclic) bond motifs is 3. The summed E-state index contributed by atoms with van der Waals surface area (Å²) in [5.41, 5.74) is 2.47. The largest absolute Gasteiger partial charge is 0.461 e. The van der Waals surface area contributed by atoms with Gasteiger partial charge in [0.25, 0.3) is 0 Å². The van der Waals surface area contributed by atoms with Gasteiger partial charge in [0.2, 0.25) is 0 Å². The Labute approximate surface area is 159 Å². The minimum atomic E-state index is -0.460. The molecule has 136 valence electrons. The Morgan fingerprint density at radius 3 is 2.48 bits per heavy atom. The van der Waals surface area contributed by atoms with Gasteiger partial charge in [-0.2, -0.15) is 0 Å². The summed E-state index contributed by atoms with van der Waals surface area (Å²) >= 11 is 1.45. The number of rotatable bonds is 5. The number of thiazole rings is 1. The highest BCUT2D eigenvalue weighted by Gasteiger charge is 2.24. The van der Waals surface area contributed by atoms with Crippen LogP contribution < -0.4 is 0 Å². The van der Waals surface area contributed by atoms with E-state index in [1.807, 2.05) is 54.6 Å². The van der Waals surface area contributed by atoms with Gasteiger partial charge in [0.1, 0.15) is 17.1 Å². The van der Waals surface area contributed by atoms with E-state index in [1.165, 1.54) is 11.3 Å². The Morgan fingerprint density at radius 2 is 1.70 bits per heavy atom. The number of aromatic nitrogens is 1. The molecule has 2 aromatic heterocycles. The van der Waals surface area contributed by atoms with Crippen LogP contribution in [-0.2, 0) is 16.1 Å². The van der Waals surface area contributed by atoms with Crippen LogP contribution in [0.5, 0.6) is 0 Å². The maximum atomic E-state index is 12.7. The maximum Gasteiger partial charge on any atom is 0.355 e. The first-order valence-electron chi connectivity index (χ1n) is 8.60. The molecule has 0 unspecified atom stereocenters. The highest BCUT2D eigenvalue weighted by molar-refractivity contribution is 7.24. The van der Waals surface area contributed by atoms with Gasteiger partial charge in [0.15, 0.2) is 0 Å². The predicted octanol–water partition coefficient (Wildman–Crippen LogP) is 4.69. The predicted molar refractivity (Wildman–Crippen MR) is 104 cm³/mol. The molecular weight excluding hydrogens is 362 g/mol. The Balaban J connectivity index is 1.75. The van der Waals surface area contributed by atoms with E-state index >= 15 is 0 Å². The van der Waals surface area contributed by atoms with E-state index in [1.54, 1.807) is 17.4 Å². The van der Waals surface area contributed by atoms with Gasteiger partial charge < -0.3 is 9.47 Å². The van der Waals surface area contributed by atoms with Gasteiger partial charge >= 0.3 is 11.9 Å². The third-order valence-corrected chi connectivity index (χ3v) is 5.35. The van der Waals surface area contributed by atoms with Crippen LogP contribution in [0.2, 0.25) is 0 Å². The number of nitrogens with zero attached hydrogens (tertiary/aromatic N) is 1. The Kier molecular flexibility index (Phi) is 4.64. The van der Waals surface area contributed by atoms with Crippen LogP contribution >= 0.6 is 11.3 Å². The summed E-state index contributed by atoms with van der Waals surface area (Å²) in [5, 5.41) is 0. The molecule has 2 aromatic carbocycles. The minimum Gasteiger partial charge on any atom is -0.461 e. The van der Waals surface area contributed by atoms with E-state index in [0.717, 1.165) is 15.8 Å². The molecule has 4 aromatic rings. The fraction of sp³-hybridized carbons (Fsp3) is 0.143. The van der Waals surface area contributed by atoms with Crippen LogP contribution in [0, 0.1) is 0 Å². The third kappa shape index (κ3) is 3.19. The second kappa shape index (κ2) is 7.25. The Hall–Kier alpha value is -3.12. The summed E-state index contributed by atoms with van der Waals surface area (Å²) in [7, 11) is 0. The van der Waals surface area contributed by atoms with Crippen LogP contribution in [0.4, 0.5) is 0 Å². The summed E-state index contributed by atoms with van der Waals surface area (Å²) in [6, 6.07) is 18.7. The summed E-state index contributed by atoms with van der Waals surface area (Å²) in [4.78, 5) is 25.8. The molecule has 0 saturated heterocycles.